The lowest BCUT2D eigenvalue weighted by molar-refractivity contribution is -0.150. The minimum atomic E-state index is -3.63. The molecule has 2 fully saturated rings. The Morgan fingerprint density at radius 3 is 2.88 bits per heavy atom. The van der Waals surface area contributed by atoms with Gasteiger partial charge in [0.25, 0.3) is 0 Å². The number of Topliss-reactive ketones (excluding diaryl/α,β-unsaturated/α-hetero) is 1. The number of sulfonamides is 1. The van der Waals surface area contributed by atoms with Crippen LogP contribution in [-0.4, -0.2) is 45.5 Å². The molecule has 2 aliphatic heterocycles. The number of ether oxygens (including phenoxy) is 1. The van der Waals surface area contributed by atoms with E-state index >= 15 is 0 Å². The van der Waals surface area contributed by atoms with E-state index in [9.17, 15) is 13.2 Å². The maximum absolute atomic E-state index is 12.5. The molecular formula is C17H22N2O4S. The van der Waals surface area contributed by atoms with Crippen molar-refractivity contribution in [1.29, 1.82) is 0 Å². The molecule has 1 aliphatic carbocycles. The van der Waals surface area contributed by atoms with Gasteiger partial charge in [-0.25, -0.2) is 13.1 Å². The first-order chi connectivity index (χ1) is 11.5. The maximum atomic E-state index is 12.5. The number of ketones is 1. The molecule has 7 heteroatoms. The Labute approximate surface area is 142 Å². The summed E-state index contributed by atoms with van der Waals surface area (Å²) in [7, 11) is -3.63. The lowest BCUT2D eigenvalue weighted by atomic mass is 9.86. The number of carbonyl (C=O) groups excluding carboxylic acids is 1. The standard InChI is InChI=1S/C17H22N2O4S/c20-16-6-4-12-3-5-14(8-15(12)16)24(21,22)19-9-13-2-1-7-17(23-13)10-18-11-17/h3,5,8,13,18-19H,1-2,4,6-7,9-11H2. The zero-order chi connectivity index (χ0) is 16.8. The average Bonchev–Trinajstić information content (AvgIpc) is 2.93. The summed E-state index contributed by atoms with van der Waals surface area (Å²) < 4.78 is 33.8. The molecule has 130 valence electrons. The monoisotopic (exact) mass is 350 g/mol. The molecule has 1 unspecified atom stereocenters. The van der Waals surface area contributed by atoms with Gasteiger partial charge < -0.3 is 10.1 Å². The molecule has 2 heterocycles. The van der Waals surface area contributed by atoms with Gasteiger partial charge in [-0.05, 0) is 43.4 Å². The lowest BCUT2D eigenvalue weighted by Gasteiger charge is -2.48. The van der Waals surface area contributed by atoms with Crippen LogP contribution in [-0.2, 0) is 21.2 Å². The molecule has 4 rings (SSSR count). The topological polar surface area (TPSA) is 84.5 Å². The van der Waals surface area contributed by atoms with Crippen molar-refractivity contribution >= 4 is 15.8 Å². The van der Waals surface area contributed by atoms with Crippen LogP contribution in [0.5, 0.6) is 0 Å². The number of hydrogen-bond donors (Lipinski definition) is 2. The van der Waals surface area contributed by atoms with E-state index in [2.05, 4.69) is 10.0 Å². The smallest absolute Gasteiger partial charge is 0.240 e. The SMILES string of the molecule is O=C1CCc2ccc(S(=O)(=O)NCC3CCCC4(CNC4)O3)cc21. The van der Waals surface area contributed by atoms with E-state index in [1.54, 1.807) is 12.1 Å². The van der Waals surface area contributed by atoms with E-state index in [4.69, 9.17) is 4.74 Å². The van der Waals surface area contributed by atoms with Gasteiger partial charge in [-0.1, -0.05) is 6.07 Å². The first-order valence-corrected chi connectivity index (χ1v) is 10.0. The van der Waals surface area contributed by atoms with Crippen LogP contribution in [0.2, 0.25) is 0 Å². The fourth-order valence-corrected chi connectivity index (χ4v) is 4.89. The van der Waals surface area contributed by atoms with Gasteiger partial charge in [0.05, 0.1) is 16.6 Å². The third-order valence-electron chi connectivity index (χ3n) is 5.28. The van der Waals surface area contributed by atoms with Crippen LogP contribution in [0.4, 0.5) is 0 Å². The molecule has 1 aromatic rings. The molecule has 3 aliphatic rings. The van der Waals surface area contributed by atoms with Crippen molar-refractivity contribution in [2.24, 2.45) is 0 Å². The molecule has 2 saturated heterocycles. The van der Waals surface area contributed by atoms with Crippen molar-refractivity contribution in [3.05, 3.63) is 29.3 Å². The van der Waals surface area contributed by atoms with E-state index < -0.39 is 10.0 Å². The van der Waals surface area contributed by atoms with Crippen LogP contribution < -0.4 is 10.0 Å². The molecule has 1 aromatic carbocycles. The summed E-state index contributed by atoms with van der Waals surface area (Å²) in [5.74, 6) is 0.0251. The predicted octanol–water partition coefficient (Wildman–Crippen LogP) is 1.00. The summed E-state index contributed by atoms with van der Waals surface area (Å²) in [6.07, 6.45) is 4.04. The Kier molecular flexibility index (Phi) is 3.99. The zero-order valence-electron chi connectivity index (χ0n) is 13.5. The average molecular weight is 350 g/mol. The second-order valence-corrected chi connectivity index (χ2v) is 8.78. The lowest BCUT2D eigenvalue weighted by Crippen LogP contribution is -2.64. The maximum Gasteiger partial charge on any atom is 0.240 e. The van der Waals surface area contributed by atoms with Gasteiger partial charge in [0.1, 0.15) is 0 Å². The number of nitrogens with one attached hydrogen (secondary N) is 2. The molecule has 0 amide bonds. The zero-order valence-corrected chi connectivity index (χ0v) is 14.3. The summed E-state index contributed by atoms with van der Waals surface area (Å²) in [5.41, 5.74) is 1.40. The van der Waals surface area contributed by atoms with Crippen LogP contribution in [0.15, 0.2) is 23.1 Å². The van der Waals surface area contributed by atoms with Crippen LogP contribution in [0, 0.1) is 0 Å². The van der Waals surface area contributed by atoms with Crippen LogP contribution in [0.1, 0.15) is 41.6 Å². The summed E-state index contributed by atoms with van der Waals surface area (Å²) in [4.78, 5) is 12.0. The first-order valence-electron chi connectivity index (χ1n) is 8.52. The van der Waals surface area contributed by atoms with E-state index in [1.165, 1.54) is 6.07 Å². The number of rotatable bonds is 4. The van der Waals surface area contributed by atoms with Crippen molar-refractivity contribution in [3.63, 3.8) is 0 Å². The van der Waals surface area contributed by atoms with Crippen LogP contribution in [0.25, 0.3) is 0 Å². The second kappa shape index (κ2) is 5.91. The Morgan fingerprint density at radius 2 is 2.12 bits per heavy atom. The molecule has 24 heavy (non-hydrogen) atoms. The van der Waals surface area contributed by atoms with Crippen molar-refractivity contribution in [2.45, 2.75) is 48.7 Å². The third kappa shape index (κ3) is 2.90. The minimum Gasteiger partial charge on any atom is -0.368 e. The van der Waals surface area contributed by atoms with E-state index in [0.717, 1.165) is 37.9 Å². The molecule has 0 aromatic heterocycles. The van der Waals surface area contributed by atoms with E-state index in [1.807, 2.05) is 0 Å². The van der Waals surface area contributed by atoms with Crippen LogP contribution in [0.3, 0.4) is 0 Å². The highest BCUT2D eigenvalue weighted by molar-refractivity contribution is 7.89. The highest BCUT2D eigenvalue weighted by atomic mass is 32.2. The van der Waals surface area contributed by atoms with Gasteiger partial charge in [0.2, 0.25) is 10.0 Å². The third-order valence-corrected chi connectivity index (χ3v) is 6.71. The Bertz CT molecular complexity index is 771. The van der Waals surface area contributed by atoms with Gasteiger partial charge >= 0.3 is 0 Å². The quantitative estimate of drug-likeness (QED) is 0.846. The molecule has 0 bridgehead atoms. The Hall–Kier alpha value is -1.28. The number of fused-ring (bicyclic) bond motifs is 1. The molecule has 0 radical (unpaired) electrons. The van der Waals surface area contributed by atoms with Gasteiger partial charge in [-0.2, -0.15) is 0 Å². The summed E-state index contributed by atoms with van der Waals surface area (Å²) in [6.45, 7) is 1.97. The van der Waals surface area contributed by atoms with Crippen molar-refractivity contribution < 1.29 is 17.9 Å². The highest BCUT2D eigenvalue weighted by Crippen LogP contribution is 2.32. The fourth-order valence-electron chi connectivity index (χ4n) is 3.80. The largest absolute Gasteiger partial charge is 0.368 e. The molecule has 1 spiro atoms. The summed E-state index contributed by atoms with van der Waals surface area (Å²) in [6, 6.07) is 4.84. The molecule has 6 nitrogen and oxygen atoms in total. The van der Waals surface area contributed by atoms with Gasteiger partial charge in [-0.15, -0.1) is 0 Å². The van der Waals surface area contributed by atoms with E-state index in [0.29, 0.717) is 18.4 Å². The number of hydrogen-bond acceptors (Lipinski definition) is 5. The predicted molar refractivity (Wildman–Crippen MR) is 88.6 cm³/mol. The molecular weight excluding hydrogens is 328 g/mol. The van der Waals surface area contributed by atoms with E-state index in [-0.39, 0.29) is 28.9 Å². The fraction of sp³-hybridized carbons (Fsp3) is 0.588. The number of benzene rings is 1. The first kappa shape index (κ1) is 16.2. The second-order valence-electron chi connectivity index (χ2n) is 7.01. The van der Waals surface area contributed by atoms with Gasteiger partial charge in [0, 0.05) is 31.6 Å². The normalized spacial score (nSPS) is 25.5. The highest BCUT2D eigenvalue weighted by Gasteiger charge is 2.42. The molecule has 1 atom stereocenters. The van der Waals surface area contributed by atoms with Crippen LogP contribution >= 0.6 is 0 Å². The number of carbonyl (C=O) groups is 1. The minimum absolute atomic E-state index is 0.0251. The molecule has 0 saturated carbocycles. The molecule has 2 N–H and O–H groups in total. The summed E-state index contributed by atoms with van der Waals surface area (Å²) >= 11 is 0. The summed E-state index contributed by atoms with van der Waals surface area (Å²) in [5, 5.41) is 3.22. The van der Waals surface area contributed by atoms with Gasteiger partial charge in [0.15, 0.2) is 5.78 Å². The van der Waals surface area contributed by atoms with Crippen molar-refractivity contribution in [3.8, 4) is 0 Å². The van der Waals surface area contributed by atoms with Crippen molar-refractivity contribution in [1.82, 2.24) is 10.0 Å². The van der Waals surface area contributed by atoms with Gasteiger partial charge in [-0.3, -0.25) is 4.79 Å². The Balaban J connectivity index is 1.44. The Morgan fingerprint density at radius 1 is 1.29 bits per heavy atom. The van der Waals surface area contributed by atoms with Crippen molar-refractivity contribution in [2.75, 3.05) is 19.6 Å². The number of aryl methyl sites for hydroxylation is 1.